The Morgan fingerprint density at radius 1 is 1.17 bits per heavy atom. The van der Waals surface area contributed by atoms with Gasteiger partial charge in [0.2, 0.25) is 0 Å². The standard InChI is InChI=1S/C18H15F3O3/c1-24-16(22)12-7-6-11-8-9-17(23,15(11)10-12)13-4-2-3-5-14(13)18(19,20)21/h2-7,10,23H,8-9H2,1H3. The molecule has 1 N–H and O–H groups in total. The number of hydrogen-bond donors (Lipinski definition) is 1. The smallest absolute Gasteiger partial charge is 0.416 e. The first-order chi connectivity index (χ1) is 11.3. The second-order valence-corrected chi connectivity index (χ2v) is 5.77. The molecule has 0 saturated heterocycles. The summed E-state index contributed by atoms with van der Waals surface area (Å²) in [4.78, 5) is 11.7. The average molecular weight is 336 g/mol. The lowest BCUT2D eigenvalue weighted by molar-refractivity contribution is -0.140. The molecule has 1 aliphatic carbocycles. The molecule has 0 fully saturated rings. The maximum Gasteiger partial charge on any atom is 0.416 e. The van der Waals surface area contributed by atoms with Gasteiger partial charge in [-0.05, 0) is 42.2 Å². The van der Waals surface area contributed by atoms with Crippen molar-refractivity contribution >= 4 is 5.97 Å². The van der Waals surface area contributed by atoms with E-state index in [2.05, 4.69) is 4.74 Å². The van der Waals surface area contributed by atoms with Crippen molar-refractivity contribution in [1.82, 2.24) is 0 Å². The van der Waals surface area contributed by atoms with Crippen LogP contribution in [0, 0.1) is 0 Å². The summed E-state index contributed by atoms with van der Waals surface area (Å²) in [7, 11) is 1.22. The quantitative estimate of drug-likeness (QED) is 0.851. The van der Waals surface area contributed by atoms with E-state index >= 15 is 0 Å². The van der Waals surface area contributed by atoms with E-state index < -0.39 is 23.3 Å². The largest absolute Gasteiger partial charge is 0.465 e. The number of esters is 1. The number of aliphatic hydroxyl groups is 1. The molecule has 0 bridgehead atoms. The van der Waals surface area contributed by atoms with Gasteiger partial charge in [0.25, 0.3) is 0 Å². The minimum Gasteiger partial charge on any atom is -0.465 e. The lowest BCUT2D eigenvalue weighted by Gasteiger charge is -2.28. The number of ether oxygens (including phenoxy) is 1. The first-order valence-electron chi connectivity index (χ1n) is 7.38. The molecule has 0 heterocycles. The van der Waals surface area contributed by atoms with Crippen LogP contribution >= 0.6 is 0 Å². The van der Waals surface area contributed by atoms with Crippen molar-refractivity contribution in [3.63, 3.8) is 0 Å². The third-order valence-electron chi connectivity index (χ3n) is 4.41. The van der Waals surface area contributed by atoms with Crippen LogP contribution in [0.4, 0.5) is 13.2 Å². The third-order valence-corrected chi connectivity index (χ3v) is 4.41. The van der Waals surface area contributed by atoms with Gasteiger partial charge in [-0.1, -0.05) is 24.3 Å². The van der Waals surface area contributed by atoms with Crippen LogP contribution in [0.25, 0.3) is 0 Å². The summed E-state index contributed by atoms with van der Waals surface area (Å²) in [5, 5.41) is 11.1. The van der Waals surface area contributed by atoms with E-state index in [1.807, 2.05) is 0 Å². The minimum atomic E-state index is -4.57. The molecule has 1 aliphatic rings. The zero-order valence-electron chi connectivity index (χ0n) is 12.9. The molecule has 0 radical (unpaired) electrons. The summed E-state index contributed by atoms with van der Waals surface area (Å²) >= 11 is 0. The van der Waals surface area contributed by atoms with E-state index in [1.54, 1.807) is 12.1 Å². The monoisotopic (exact) mass is 336 g/mol. The molecule has 0 aromatic heterocycles. The molecule has 3 rings (SSSR count). The maximum atomic E-state index is 13.3. The van der Waals surface area contributed by atoms with Crippen LogP contribution in [0.5, 0.6) is 0 Å². The van der Waals surface area contributed by atoms with Crippen molar-refractivity contribution in [2.24, 2.45) is 0 Å². The number of carbonyl (C=O) groups is 1. The van der Waals surface area contributed by atoms with E-state index in [9.17, 15) is 23.1 Å². The summed E-state index contributed by atoms with van der Waals surface area (Å²) in [6.07, 6.45) is -4.02. The van der Waals surface area contributed by atoms with Crippen molar-refractivity contribution in [1.29, 1.82) is 0 Å². The molecule has 1 atom stereocenters. The number of halogens is 3. The third kappa shape index (κ3) is 2.57. The predicted molar refractivity (Wildman–Crippen MR) is 80.5 cm³/mol. The number of hydrogen-bond acceptors (Lipinski definition) is 3. The first kappa shape index (κ1) is 16.5. The Morgan fingerprint density at radius 3 is 2.54 bits per heavy atom. The summed E-state index contributed by atoms with van der Waals surface area (Å²) < 4.78 is 44.6. The lowest BCUT2D eigenvalue weighted by Crippen LogP contribution is -2.28. The molecular formula is C18H15F3O3. The topological polar surface area (TPSA) is 46.5 Å². The van der Waals surface area contributed by atoms with Gasteiger partial charge < -0.3 is 9.84 Å². The van der Waals surface area contributed by atoms with Crippen LogP contribution in [-0.2, 0) is 22.9 Å². The highest BCUT2D eigenvalue weighted by Crippen LogP contribution is 2.46. The van der Waals surface area contributed by atoms with Crippen molar-refractivity contribution in [3.05, 3.63) is 70.3 Å². The number of benzene rings is 2. The Labute approximate surface area is 136 Å². The molecule has 2 aromatic rings. The fraction of sp³-hybridized carbons (Fsp3) is 0.278. The van der Waals surface area contributed by atoms with Crippen molar-refractivity contribution in [3.8, 4) is 0 Å². The van der Waals surface area contributed by atoms with E-state index in [1.165, 1.54) is 31.4 Å². The van der Waals surface area contributed by atoms with E-state index in [0.29, 0.717) is 12.0 Å². The van der Waals surface area contributed by atoms with Gasteiger partial charge in [-0.15, -0.1) is 0 Å². The highest BCUT2D eigenvalue weighted by atomic mass is 19.4. The van der Waals surface area contributed by atoms with Crippen LogP contribution in [0.1, 0.15) is 39.0 Å². The second kappa shape index (κ2) is 5.63. The van der Waals surface area contributed by atoms with E-state index in [-0.39, 0.29) is 17.5 Å². The van der Waals surface area contributed by atoms with Gasteiger partial charge in [0.1, 0.15) is 5.60 Å². The van der Waals surface area contributed by atoms with Gasteiger partial charge in [-0.3, -0.25) is 0 Å². The number of methoxy groups -OCH3 is 1. The van der Waals surface area contributed by atoms with Gasteiger partial charge in [0, 0.05) is 5.56 Å². The van der Waals surface area contributed by atoms with Gasteiger partial charge in [0.15, 0.2) is 0 Å². The van der Waals surface area contributed by atoms with Crippen molar-refractivity contribution < 1.29 is 27.8 Å². The zero-order valence-corrected chi connectivity index (χ0v) is 12.9. The van der Waals surface area contributed by atoms with Crippen molar-refractivity contribution in [2.75, 3.05) is 7.11 Å². The van der Waals surface area contributed by atoms with Gasteiger partial charge in [-0.25, -0.2) is 4.79 Å². The highest BCUT2D eigenvalue weighted by molar-refractivity contribution is 5.89. The molecule has 24 heavy (non-hydrogen) atoms. The molecule has 0 saturated carbocycles. The number of carbonyl (C=O) groups excluding carboxylic acids is 1. The minimum absolute atomic E-state index is 0.125. The van der Waals surface area contributed by atoms with Crippen LogP contribution in [-0.4, -0.2) is 18.2 Å². The zero-order chi connectivity index (χ0) is 17.5. The van der Waals surface area contributed by atoms with Gasteiger partial charge >= 0.3 is 12.1 Å². The Hall–Kier alpha value is -2.34. The number of rotatable bonds is 2. The fourth-order valence-electron chi connectivity index (χ4n) is 3.25. The van der Waals surface area contributed by atoms with Crippen molar-refractivity contribution in [2.45, 2.75) is 24.6 Å². The summed E-state index contributed by atoms with van der Waals surface area (Å²) in [6, 6.07) is 9.60. The van der Waals surface area contributed by atoms with E-state index in [0.717, 1.165) is 11.6 Å². The normalized spacial score (nSPS) is 19.9. The van der Waals surface area contributed by atoms with Crippen LogP contribution in [0.2, 0.25) is 0 Å². The van der Waals surface area contributed by atoms with Gasteiger partial charge in [0.05, 0.1) is 18.2 Å². The van der Waals surface area contributed by atoms with Crippen LogP contribution in [0.15, 0.2) is 42.5 Å². The Morgan fingerprint density at radius 2 is 1.88 bits per heavy atom. The summed E-state index contributed by atoms with van der Waals surface area (Å²) in [6.45, 7) is 0. The van der Waals surface area contributed by atoms with Gasteiger partial charge in [-0.2, -0.15) is 13.2 Å². The Kier molecular flexibility index (Phi) is 3.87. The molecule has 0 aliphatic heterocycles. The lowest BCUT2D eigenvalue weighted by atomic mass is 9.84. The summed E-state index contributed by atoms with van der Waals surface area (Å²) in [5.41, 5.74) is -1.61. The second-order valence-electron chi connectivity index (χ2n) is 5.77. The highest BCUT2D eigenvalue weighted by Gasteiger charge is 2.45. The average Bonchev–Trinajstić information content (AvgIpc) is 2.91. The first-order valence-corrected chi connectivity index (χ1v) is 7.38. The summed E-state index contributed by atoms with van der Waals surface area (Å²) in [5.74, 6) is -0.601. The molecular weight excluding hydrogens is 321 g/mol. The SMILES string of the molecule is COC(=O)c1ccc2c(c1)C(O)(c1ccccc1C(F)(F)F)CC2. The van der Waals surface area contributed by atoms with Crippen LogP contribution in [0.3, 0.4) is 0 Å². The molecule has 6 heteroatoms. The molecule has 2 aromatic carbocycles. The molecule has 0 amide bonds. The Balaban J connectivity index is 2.18. The molecule has 0 spiro atoms. The fourth-order valence-corrected chi connectivity index (χ4v) is 3.25. The predicted octanol–water partition coefficient (Wildman–Crippen LogP) is 3.67. The molecule has 126 valence electrons. The molecule has 3 nitrogen and oxygen atoms in total. The Bertz CT molecular complexity index is 798. The van der Waals surface area contributed by atoms with Crippen LogP contribution < -0.4 is 0 Å². The number of fused-ring (bicyclic) bond motifs is 1. The van der Waals surface area contributed by atoms with E-state index in [4.69, 9.17) is 0 Å². The number of alkyl halides is 3. The maximum absolute atomic E-state index is 13.3. The number of aryl methyl sites for hydroxylation is 1. The molecule has 1 unspecified atom stereocenters.